The number of anilines is 1. The van der Waals surface area contributed by atoms with Crippen LogP contribution in [0.25, 0.3) is 0 Å². The molecule has 0 fully saturated rings. The average Bonchev–Trinajstić information content (AvgIpc) is 2.61. The highest BCUT2D eigenvalue weighted by molar-refractivity contribution is 5.97. The molecule has 0 spiro atoms. The van der Waals surface area contributed by atoms with E-state index in [0.717, 1.165) is 24.3 Å². The van der Waals surface area contributed by atoms with Crippen molar-refractivity contribution in [1.29, 1.82) is 0 Å². The Bertz CT molecular complexity index is 595. The van der Waals surface area contributed by atoms with Crippen molar-refractivity contribution in [3.8, 4) is 0 Å². The summed E-state index contributed by atoms with van der Waals surface area (Å²) in [5.74, 6) is 0.572. The first-order valence-electron chi connectivity index (χ1n) is 9.73. The van der Waals surface area contributed by atoms with Crippen molar-refractivity contribution in [2.75, 3.05) is 25.0 Å². The third-order valence-corrected chi connectivity index (χ3v) is 4.93. The van der Waals surface area contributed by atoms with Crippen molar-refractivity contribution < 1.29 is 9.59 Å². The van der Waals surface area contributed by atoms with E-state index in [1.165, 1.54) is 0 Å². The minimum atomic E-state index is -0.0846. The zero-order chi connectivity index (χ0) is 19.7. The Morgan fingerprint density at radius 1 is 1.12 bits per heavy atom. The SMILES string of the molecule is CCN(CC)C(=O)CCCNC(=O)c1cccc(NC(C)C(C)C)c1C. The van der Waals surface area contributed by atoms with Crippen LogP contribution >= 0.6 is 0 Å². The average molecular weight is 362 g/mol. The van der Waals surface area contributed by atoms with Gasteiger partial charge in [-0.05, 0) is 57.7 Å². The molecule has 0 aliphatic rings. The molecule has 1 unspecified atom stereocenters. The molecule has 0 saturated carbocycles. The first kappa shape index (κ1) is 22.0. The van der Waals surface area contributed by atoms with Crippen LogP contribution in [0.2, 0.25) is 0 Å². The van der Waals surface area contributed by atoms with Crippen LogP contribution in [0.5, 0.6) is 0 Å². The summed E-state index contributed by atoms with van der Waals surface area (Å²) in [6.07, 6.45) is 1.12. The molecule has 0 heterocycles. The normalized spacial score (nSPS) is 12.0. The second-order valence-corrected chi connectivity index (χ2v) is 7.08. The number of nitrogens with zero attached hydrogens (tertiary/aromatic N) is 1. The highest BCUT2D eigenvalue weighted by atomic mass is 16.2. The molecular weight excluding hydrogens is 326 g/mol. The standard InChI is InChI=1S/C21H35N3O2/c1-7-24(8-2)20(25)13-10-14-22-21(26)18-11-9-12-19(16(18)5)23-17(6)15(3)4/h9,11-12,15,17,23H,7-8,10,13-14H2,1-6H3,(H,22,26). The zero-order valence-corrected chi connectivity index (χ0v) is 17.2. The molecule has 0 aromatic heterocycles. The van der Waals surface area contributed by atoms with Gasteiger partial charge in [0.25, 0.3) is 5.91 Å². The maximum atomic E-state index is 12.5. The second-order valence-electron chi connectivity index (χ2n) is 7.08. The quantitative estimate of drug-likeness (QED) is 0.623. The van der Waals surface area contributed by atoms with Gasteiger partial charge in [0.1, 0.15) is 0 Å². The van der Waals surface area contributed by atoms with Gasteiger partial charge in [-0.25, -0.2) is 0 Å². The minimum absolute atomic E-state index is 0.0846. The lowest BCUT2D eigenvalue weighted by Crippen LogP contribution is -2.31. The number of amides is 2. The summed E-state index contributed by atoms with van der Waals surface area (Å²) < 4.78 is 0. The number of nitrogens with one attached hydrogen (secondary N) is 2. The molecule has 0 radical (unpaired) electrons. The van der Waals surface area contributed by atoms with E-state index in [9.17, 15) is 9.59 Å². The van der Waals surface area contributed by atoms with E-state index in [2.05, 4.69) is 31.4 Å². The molecule has 2 N–H and O–H groups in total. The second kappa shape index (κ2) is 10.8. The molecule has 0 aliphatic carbocycles. The Morgan fingerprint density at radius 3 is 2.35 bits per heavy atom. The van der Waals surface area contributed by atoms with Crippen molar-refractivity contribution in [3.05, 3.63) is 29.3 Å². The number of carbonyl (C=O) groups is 2. The first-order valence-corrected chi connectivity index (χ1v) is 9.73. The molecule has 1 aromatic carbocycles. The summed E-state index contributed by atoms with van der Waals surface area (Å²) in [5.41, 5.74) is 2.63. The largest absolute Gasteiger partial charge is 0.382 e. The van der Waals surface area contributed by atoms with Gasteiger partial charge in [0.05, 0.1) is 0 Å². The topological polar surface area (TPSA) is 61.4 Å². The number of rotatable bonds is 10. The zero-order valence-electron chi connectivity index (χ0n) is 17.2. The fraction of sp³-hybridized carbons (Fsp3) is 0.619. The van der Waals surface area contributed by atoms with E-state index >= 15 is 0 Å². The lowest BCUT2D eigenvalue weighted by atomic mass is 10.0. The highest BCUT2D eigenvalue weighted by Gasteiger charge is 2.14. The fourth-order valence-electron chi connectivity index (χ4n) is 2.72. The molecule has 1 atom stereocenters. The monoisotopic (exact) mass is 361 g/mol. The molecule has 0 saturated heterocycles. The van der Waals surface area contributed by atoms with Gasteiger partial charge in [0.2, 0.25) is 5.91 Å². The summed E-state index contributed by atoms with van der Waals surface area (Å²) in [5, 5.41) is 6.42. The van der Waals surface area contributed by atoms with Crippen LogP contribution in [0.4, 0.5) is 5.69 Å². The van der Waals surface area contributed by atoms with Gasteiger partial charge >= 0.3 is 0 Å². The van der Waals surface area contributed by atoms with Crippen LogP contribution in [-0.4, -0.2) is 42.4 Å². The third kappa shape index (κ3) is 6.36. The van der Waals surface area contributed by atoms with Gasteiger partial charge in [-0.1, -0.05) is 19.9 Å². The van der Waals surface area contributed by atoms with E-state index in [0.29, 0.717) is 36.9 Å². The highest BCUT2D eigenvalue weighted by Crippen LogP contribution is 2.21. The molecule has 1 rings (SSSR count). The van der Waals surface area contributed by atoms with Gasteiger partial charge in [0, 0.05) is 43.3 Å². The predicted octanol–water partition coefficient (Wildman–Crippen LogP) is 3.83. The molecule has 5 nitrogen and oxygen atoms in total. The van der Waals surface area contributed by atoms with Crippen molar-refractivity contribution in [3.63, 3.8) is 0 Å². The van der Waals surface area contributed by atoms with Crippen molar-refractivity contribution in [2.45, 2.75) is 60.4 Å². The van der Waals surface area contributed by atoms with Crippen molar-refractivity contribution in [2.24, 2.45) is 5.92 Å². The maximum absolute atomic E-state index is 12.5. The van der Waals surface area contributed by atoms with Gasteiger partial charge in [-0.2, -0.15) is 0 Å². The van der Waals surface area contributed by atoms with Crippen LogP contribution in [0, 0.1) is 12.8 Å². The van der Waals surface area contributed by atoms with E-state index < -0.39 is 0 Å². The summed E-state index contributed by atoms with van der Waals surface area (Å²) >= 11 is 0. The molecule has 5 heteroatoms. The molecule has 1 aromatic rings. The Hall–Kier alpha value is -2.04. The molecule has 0 bridgehead atoms. The fourth-order valence-corrected chi connectivity index (χ4v) is 2.72. The van der Waals surface area contributed by atoms with Crippen molar-refractivity contribution >= 4 is 17.5 Å². The number of benzene rings is 1. The van der Waals surface area contributed by atoms with Gasteiger partial charge in [-0.15, -0.1) is 0 Å². The minimum Gasteiger partial charge on any atom is -0.382 e. The Balaban J connectivity index is 2.59. The van der Waals surface area contributed by atoms with Gasteiger partial charge < -0.3 is 15.5 Å². The maximum Gasteiger partial charge on any atom is 0.251 e. The Morgan fingerprint density at radius 2 is 1.77 bits per heavy atom. The Kier molecular flexibility index (Phi) is 9.17. The first-order chi connectivity index (χ1) is 12.3. The van der Waals surface area contributed by atoms with Crippen LogP contribution in [0.1, 0.15) is 63.4 Å². The van der Waals surface area contributed by atoms with E-state index in [-0.39, 0.29) is 11.8 Å². The lowest BCUT2D eigenvalue weighted by Gasteiger charge is -2.21. The smallest absolute Gasteiger partial charge is 0.251 e. The molecule has 2 amide bonds. The van der Waals surface area contributed by atoms with E-state index in [1.54, 1.807) is 0 Å². The number of hydrogen-bond donors (Lipinski definition) is 2. The number of hydrogen-bond acceptors (Lipinski definition) is 3. The third-order valence-electron chi connectivity index (χ3n) is 4.93. The Labute approximate surface area is 158 Å². The summed E-state index contributed by atoms with van der Waals surface area (Å²) in [6, 6.07) is 6.09. The van der Waals surface area contributed by atoms with Crippen LogP contribution < -0.4 is 10.6 Å². The molecule has 0 aliphatic heterocycles. The van der Waals surface area contributed by atoms with Gasteiger partial charge in [0.15, 0.2) is 0 Å². The number of carbonyl (C=O) groups excluding carboxylic acids is 2. The molecule has 26 heavy (non-hydrogen) atoms. The molecule has 146 valence electrons. The lowest BCUT2D eigenvalue weighted by molar-refractivity contribution is -0.130. The van der Waals surface area contributed by atoms with E-state index in [1.807, 2.05) is 43.9 Å². The van der Waals surface area contributed by atoms with E-state index in [4.69, 9.17) is 0 Å². The summed E-state index contributed by atoms with van der Waals surface area (Å²) in [4.78, 5) is 26.3. The van der Waals surface area contributed by atoms with Crippen LogP contribution in [0.15, 0.2) is 18.2 Å². The summed E-state index contributed by atoms with van der Waals surface area (Å²) in [6.45, 7) is 14.4. The van der Waals surface area contributed by atoms with Crippen molar-refractivity contribution in [1.82, 2.24) is 10.2 Å². The van der Waals surface area contributed by atoms with Gasteiger partial charge in [-0.3, -0.25) is 9.59 Å². The summed E-state index contributed by atoms with van der Waals surface area (Å²) in [7, 11) is 0. The predicted molar refractivity (Wildman–Crippen MR) is 109 cm³/mol. The molecular formula is C21H35N3O2. The van der Waals surface area contributed by atoms with Crippen LogP contribution in [0.3, 0.4) is 0 Å². The van der Waals surface area contributed by atoms with Crippen LogP contribution in [-0.2, 0) is 4.79 Å².